The number of anilines is 1. The van der Waals surface area contributed by atoms with Crippen LogP contribution in [-0.4, -0.2) is 64.0 Å². The second-order valence-corrected chi connectivity index (χ2v) is 10.2. The van der Waals surface area contributed by atoms with Crippen LogP contribution in [0.4, 0.5) is 5.69 Å². The van der Waals surface area contributed by atoms with Crippen molar-refractivity contribution >= 4 is 47.8 Å². The third-order valence-electron chi connectivity index (χ3n) is 6.77. The van der Waals surface area contributed by atoms with Crippen molar-refractivity contribution < 1.29 is 34.2 Å². The topological polar surface area (TPSA) is 174 Å². The Morgan fingerprint density at radius 3 is 1.75 bits per heavy atom. The zero-order valence-corrected chi connectivity index (χ0v) is 25.2. The lowest BCUT2D eigenvalue weighted by Crippen LogP contribution is -2.56. The fraction of sp³-hybridized carbons (Fsp3) is 0.281. The van der Waals surface area contributed by atoms with Gasteiger partial charge in [-0.15, -0.1) is 12.4 Å². The number of benzene rings is 3. The fourth-order valence-corrected chi connectivity index (χ4v) is 4.30. The number of carbonyl (C=O) groups excluding carboxylic acids is 3. The van der Waals surface area contributed by atoms with E-state index in [9.17, 15) is 29.1 Å². The molecule has 0 spiro atoms. The maximum Gasteiger partial charge on any atom is 0.335 e. The van der Waals surface area contributed by atoms with Crippen LogP contribution in [0.25, 0.3) is 0 Å². The summed E-state index contributed by atoms with van der Waals surface area (Å²) in [5.41, 5.74) is 2.17. The van der Waals surface area contributed by atoms with Crippen molar-refractivity contribution in [3.63, 3.8) is 0 Å². The molecule has 0 aliphatic carbocycles. The Balaban J connectivity index is 0.00000675. The van der Waals surface area contributed by atoms with E-state index in [1.165, 1.54) is 38.1 Å². The van der Waals surface area contributed by atoms with Gasteiger partial charge in [0.15, 0.2) is 0 Å². The van der Waals surface area contributed by atoms with Gasteiger partial charge in [0.1, 0.15) is 18.1 Å². The second kappa shape index (κ2) is 17.4. The number of carbonyl (C=O) groups is 5. The van der Waals surface area contributed by atoms with Crippen LogP contribution in [-0.2, 0) is 32.0 Å². The minimum atomic E-state index is -1.10. The number of hydrogen-bond acceptors (Lipinski definition) is 6. The van der Waals surface area contributed by atoms with E-state index in [2.05, 4.69) is 21.3 Å². The van der Waals surface area contributed by atoms with Crippen molar-refractivity contribution in [3.05, 3.63) is 102 Å². The van der Waals surface area contributed by atoms with E-state index in [-0.39, 0.29) is 30.8 Å². The lowest BCUT2D eigenvalue weighted by Gasteiger charge is -2.24. The summed E-state index contributed by atoms with van der Waals surface area (Å²) in [4.78, 5) is 62.0. The number of aliphatic carboxylic acids is 1. The quantitative estimate of drug-likeness (QED) is 0.150. The monoisotopic (exact) mass is 624 g/mol. The van der Waals surface area contributed by atoms with Crippen LogP contribution in [0.3, 0.4) is 0 Å². The molecule has 0 saturated heterocycles. The highest BCUT2D eigenvalue weighted by Gasteiger charge is 2.28. The van der Waals surface area contributed by atoms with E-state index in [1.807, 2.05) is 48.5 Å². The van der Waals surface area contributed by atoms with Crippen molar-refractivity contribution in [2.75, 3.05) is 5.32 Å². The van der Waals surface area contributed by atoms with Crippen LogP contribution in [0.5, 0.6) is 0 Å². The van der Waals surface area contributed by atoms with Gasteiger partial charge < -0.3 is 26.2 Å². The van der Waals surface area contributed by atoms with Crippen LogP contribution >= 0.6 is 12.4 Å². The zero-order valence-electron chi connectivity index (χ0n) is 24.4. The summed E-state index contributed by atoms with van der Waals surface area (Å²) in [5.74, 6) is -3.91. The number of rotatable bonds is 15. The smallest absolute Gasteiger partial charge is 0.335 e. The Kier molecular flexibility index (Phi) is 14.0. The fourth-order valence-electron chi connectivity index (χ4n) is 4.30. The van der Waals surface area contributed by atoms with Crippen LogP contribution in [0.15, 0.2) is 84.9 Å². The van der Waals surface area contributed by atoms with Gasteiger partial charge >= 0.3 is 11.9 Å². The van der Waals surface area contributed by atoms with Crippen LogP contribution in [0.2, 0.25) is 0 Å². The molecule has 3 amide bonds. The Bertz CT molecular complexity index is 1410. The Morgan fingerprint density at radius 1 is 0.659 bits per heavy atom. The molecule has 0 aliphatic rings. The maximum atomic E-state index is 13.2. The van der Waals surface area contributed by atoms with Crippen molar-refractivity contribution in [2.24, 2.45) is 0 Å². The van der Waals surface area contributed by atoms with Crippen LogP contribution in [0.1, 0.15) is 41.8 Å². The maximum absolute atomic E-state index is 13.2. The van der Waals surface area contributed by atoms with Gasteiger partial charge in [-0.1, -0.05) is 60.7 Å². The molecule has 11 nitrogen and oxygen atoms in total. The molecule has 0 aliphatic heterocycles. The van der Waals surface area contributed by atoms with Gasteiger partial charge in [0, 0.05) is 12.1 Å². The molecule has 0 heterocycles. The molecule has 3 aromatic rings. The first-order chi connectivity index (χ1) is 20.5. The summed E-state index contributed by atoms with van der Waals surface area (Å²) in [6, 6.07) is 20.1. The average Bonchev–Trinajstić information content (AvgIpc) is 2.99. The lowest BCUT2D eigenvalue weighted by atomic mass is 10.0. The van der Waals surface area contributed by atoms with Gasteiger partial charge in [-0.25, -0.2) is 4.79 Å². The number of hydrogen-bond donors (Lipinski definition) is 6. The normalized spacial score (nSPS) is 13.2. The molecule has 0 saturated carbocycles. The first kappa shape index (κ1) is 35.5. The third-order valence-corrected chi connectivity index (χ3v) is 6.77. The minimum absolute atomic E-state index is 0. The third kappa shape index (κ3) is 11.2. The molecular weight excluding hydrogens is 588 g/mol. The van der Waals surface area contributed by atoms with Gasteiger partial charge in [0.2, 0.25) is 17.7 Å². The molecule has 3 rings (SSSR count). The van der Waals surface area contributed by atoms with Crippen molar-refractivity contribution in [1.82, 2.24) is 16.0 Å². The van der Waals surface area contributed by atoms with E-state index in [0.717, 1.165) is 11.1 Å². The van der Waals surface area contributed by atoms with Crippen LogP contribution in [0, 0.1) is 0 Å². The minimum Gasteiger partial charge on any atom is -0.480 e. The largest absolute Gasteiger partial charge is 0.480 e. The summed E-state index contributed by atoms with van der Waals surface area (Å²) >= 11 is 0. The summed E-state index contributed by atoms with van der Waals surface area (Å²) in [6.45, 7) is 2.98. The summed E-state index contributed by atoms with van der Waals surface area (Å²) < 4.78 is 0. The second-order valence-electron chi connectivity index (χ2n) is 10.2. The first-order valence-corrected chi connectivity index (χ1v) is 13.8. The summed E-state index contributed by atoms with van der Waals surface area (Å²) in [7, 11) is 0. The molecule has 4 atom stereocenters. The molecule has 3 aromatic carbocycles. The van der Waals surface area contributed by atoms with Crippen molar-refractivity contribution in [1.29, 1.82) is 0 Å². The molecular formula is C32H37ClN4O7. The molecule has 0 bridgehead atoms. The first-order valence-electron chi connectivity index (χ1n) is 13.8. The van der Waals surface area contributed by atoms with E-state index in [4.69, 9.17) is 5.11 Å². The molecule has 234 valence electrons. The van der Waals surface area contributed by atoms with Gasteiger partial charge in [-0.3, -0.25) is 24.5 Å². The highest BCUT2D eigenvalue weighted by Crippen LogP contribution is 2.12. The molecule has 0 fully saturated rings. The number of carboxylic acid groups (broad SMARTS) is 2. The molecule has 0 aromatic heterocycles. The highest BCUT2D eigenvalue weighted by atomic mass is 35.5. The number of halogens is 1. The molecule has 1 unspecified atom stereocenters. The SMILES string of the molecule is C[C@H](NC(=O)[C@H](C)NC(CCc1ccccc1)C(=O)O)C(=O)N[C@@H](Cc1ccccc1)C(=O)Nc1ccc(C(=O)O)cc1.Cl. The van der Waals surface area contributed by atoms with Gasteiger partial charge in [-0.05, 0) is 62.1 Å². The van der Waals surface area contributed by atoms with E-state index >= 15 is 0 Å². The standard InChI is InChI=1S/C32H36N4O7.ClH/c1-20(33-26(32(42)43)18-13-22-9-5-3-6-10-22)28(37)34-21(2)29(38)36-27(19-23-11-7-4-8-12-23)30(39)35-25-16-14-24(15-17-25)31(40)41;/h3-12,14-17,20-21,26-27,33H,13,18-19H2,1-2H3,(H,34,37)(H,35,39)(H,36,38)(H,40,41)(H,42,43);1H/t20-,21-,26?,27-;/m0./s1. The van der Waals surface area contributed by atoms with E-state index in [1.54, 1.807) is 12.1 Å². The van der Waals surface area contributed by atoms with Crippen molar-refractivity contribution in [3.8, 4) is 0 Å². The Hall–Kier alpha value is -4.74. The predicted octanol–water partition coefficient (Wildman–Crippen LogP) is 3.04. The average molecular weight is 625 g/mol. The molecule has 6 N–H and O–H groups in total. The Morgan fingerprint density at radius 2 is 1.20 bits per heavy atom. The number of amides is 3. The summed E-state index contributed by atoms with van der Waals surface area (Å²) in [5, 5.41) is 29.5. The number of aryl methyl sites for hydroxylation is 1. The van der Waals surface area contributed by atoms with Gasteiger partial charge in [0.05, 0.1) is 11.6 Å². The molecule has 44 heavy (non-hydrogen) atoms. The molecule has 0 radical (unpaired) electrons. The van der Waals surface area contributed by atoms with Gasteiger partial charge in [0.25, 0.3) is 0 Å². The number of nitrogens with one attached hydrogen (secondary N) is 4. The number of aromatic carboxylic acids is 1. The summed E-state index contributed by atoms with van der Waals surface area (Å²) in [6.07, 6.45) is 0.931. The van der Waals surface area contributed by atoms with Crippen molar-refractivity contribution in [2.45, 2.75) is 57.3 Å². The lowest BCUT2D eigenvalue weighted by molar-refractivity contribution is -0.140. The van der Waals surface area contributed by atoms with E-state index < -0.39 is 53.8 Å². The van der Waals surface area contributed by atoms with Crippen LogP contribution < -0.4 is 21.3 Å². The predicted molar refractivity (Wildman–Crippen MR) is 168 cm³/mol. The number of carboxylic acids is 2. The molecule has 12 heteroatoms. The van der Waals surface area contributed by atoms with E-state index in [0.29, 0.717) is 12.1 Å². The zero-order chi connectivity index (χ0) is 31.4. The Labute approximate surface area is 261 Å². The van der Waals surface area contributed by atoms with Gasteiger partial charge in [-0.2, -0.15) is 0 Å². The highest BCUT2D eigenvalue weighted by molar-refractivity contribution is 5.99.